The van der Waals surface area contributed by atoms with Gasteiger partial charge in [-0.1, -0.05) is 13.8 Å². The highest BCUT2D eigenvalue weighted by Gasteiger charge is 2.19. The van der Waals surface area contributed by atoms with Gasteiger partial charge in [0.2, 0.25) is 0 Å². The zero-order valence-electron chi connectivity index (χ0n) is 13.4. The average Bonchev–Trinajstić information content (AvgIpc) is 2.45. The number of hydrazone groups is 1. The molecule has 0 bridgehead atoms. The van der Waals surface area contributed by atoms with Crippen LogP contribution in [-0.2, 0) is 0 Å². The Labute approximate surface area is 133 Å². The van der Waals surface area contributed by atoms with Crippen LogP contribution in [0.5, 0.6) is 0 Å². The number of hydrogen-bond donors (Lipinski definition) is 1. The fraction of sp³-hybridized carbons (Fsp3) is 0.333. The molecule has 1 aromatic carbocycles. The highest BCUT2D eigenvalue weighted by molar-refractivity contribution is 5.71. The fourth-order valence-corrected chi connectivity index (χ4v) is 1.51. The van der Waals surface area contributed by atoms with E-state index in [0.717, 1.165) is 11.6 Å². The molecular formula is C15H18N4O4. The van der Waals surface area contributed by atoms with Crippen molar-refractivity contribution in [1.82, 2.24) is 0 Å². The minimum Gasteiger partial charge on any atom is -0.272 e. The van der Waals surface area contributed by atoms with Crippen molar-refractivity contribution in [3.05, 3.63) is 55.8 Å². The summed E-state index contributed by atoms with van der Waals surface area (Å²) in [6.45, 7) is 7.64. The highest BCUT2D eigenvalue weighted by Crippen LogP contribution is 2.29. The molecule has 8 nitrogen and oxygen atoms in total. The molecular weight excluding hydrogens is 300 g/mol. The molecule has 8 heteroatoms. The normalized spacial score (nSPS) is 11.0. The summed E-state index contributed by atoms with van der Waals surface area (Å²) >= 11 is 0. The molecule has 0 saturated carbocycles. The van der Waals surface area contributed by atoms with E-state index >= 15 is 0 Å². The van der Waals surface area contributed by atoms with Crippen LogP contribution >= 0.6 is 0 Å². The van der Waals surface area contributed by atoms with Crippen LogP contribution in [0.15, 0.2) is 40.7 Å². The summed E-state index contributed by atoms with van der Waals surface area (Å²) in [4.78, 5) is 20.3. The van der Waals surface area contributed by atoms with Crippen LogP contribution in [0.3, 0.4) is 0 Å². The lowest BCUT2D eigenvalue weighted by Crippen LogP contribution is -2.10. The molecule has 122 valence electrons. The molecule has 0 amide bonds. The molecule has 1 aromatic rings. The van der Waals surface area contributed by atoms with E-state index in [4.69, 9.17) is 0 Å². The number of hydrogen-bond acceptors (Lipinski definition) is 6. The number of benzene rings is 1. The number of nitrogens with one attached hydrogen (secondary N) is 1. The second-order valence-electron chi connectivity index (χ2n) is 5.70. The highest BCUT2D eigenvalue weighted by atomic mass is 16.6. The minimum atomic E-state index is -0.695. The predicted octanol–water partition coefficient (Wildman–Crippen LogP) is 4.05. The van der Waals surface area contributed by atoms with E-state index in [1.165, 1.54) is 12.1 Å². The van der Waals surface area contributed by atoms with Gasteiger partial charge in [-0.25, -0.2) is 0 Å². The van der Waals surface area contributed by atoms with Crippen molar-refractivity contribution in [2.75, 3.05) is 5.43 Å². The Morgan fingerprint density at radius 2 is 1.91 bits per heavy atom. The molecule has 0 fully saturated rings. The fourth-order valence-electron chi connectivity index (χ4n) is 1.51. The first-order chi connectivity index (χ1) is 10.6. The maximum Gasteiger partial charge on any atom is 0.301 e. The monoisotopic (exact) mass is 318 g/mol. The Morgan fingerprint density at radius 3 is 2.43 bits per heavy atom. The van der Waals surface area contributed by atoms with Gasteiger partial charge in [0.15, 0.2) is 0 Å². The third-order valence-corrected chi connectivity index (χ3v) is 2.70. The summed E-state index contributed by atoms with van der Waals surface area (Å²) in [5, 5.41) is 25.7. The summed E-state index contributed by atoms with van der Waals surface area (Å²) in [5.74, 6) is 0. The van der Waals surface area contributed by atoms with E-state index in [-0.39, 0.29) is 11.4 Å². The Morgan fingerprint density at radius 1 is 1.26 bits per heavy atom. The van der Waals surface area contributed by atoms with E-state index in [2.05, 4.69) is 16.3 Å². The van der Waals surface area contributed by atoms with Crippen molar-refractivity contribution < 1.29 is 9.85 Å². The molecule has 0 unspecified atom stereocenters. The lowest BCUT2D eigenvalue weighted by molar-refractivity contribution is -0.393. The van der Waals surface area contributed by atoms with Gasteiger partial charge in [0.25, 0.3) is 5.69 Å². The molecule has 0 radical (unpaired) electrons. The maximum atomic E-state index is 11.0. The van der Waals surface area contributed by atoms with Crippen molar-refractivity contribution in [2.45, 2.75) is 27.7 Å². The van der Waals surface area contributed by atoms with Crippen molar-refractivity contribution in [1.29, 1.82) is 0 Å². The molecule has 0 heterocycles. The van der Waals surface area contributed by atoms with Gasteiger partial charge in [-0.05, 0) is 31.6 Å². The van der Waals surface area contributed by atoms with Gasteiger partial charge in [-0.15, -0.1) is 5.73 Å². The Kier molecular flexibility index (Phi) is 5.75. The lowest BCUT2D eigenvalue weighted by atomic mass is 9.95. The SMILES string of the molecule is CC(C)=C=CC(C)(C)/C=N/Nc1ccc([N+](=O)[O-])cc1[N+](=O)[O-]. The lowest BCUT2D eigenvalue weighted by Gasteiger charge is -2.11. The molecule has 0 aromatic heterocycles. The minimum absolute atomic E-state index is 0.0823. The topological polar surface area (TPSA) is 111 Å². The average molecular weight is 318 g/mol. The first kappa shape index (κ1) is 18.1. The molecule has 0 saturated heterocycles. The van der Waals surface area contributed by atoms with Gasteiger partial charge >= 0.3 is 5.69 Å². The van der Waals surface area contributed by atoms with Gasteiger partial charge in [0.05, 0.1) is 15.9 Å². The van der Waals surface area contributed by atoms with Crippen LogP contribution in [0.4, 0.5) is 17.1 Å². The summed E-state index contributed by atoms with van der Waals surface area (Å²) in [6.07, 6.45) is 3.41. The maximum absolute atomic E-state index is 11.0. The van der Waals surface area contributed by atoms with E-state index in [0.29, 0.717) is 0 Å². The predicted molar refractivity (Wildman–Crippen MR) is 88.6 cm³/mol. The Hall–Kier alpha value is -2.99. The van der Waals surface area contributed by atoms with Gasteiger partial charge in [-0.2, -0.15) is 5.10 Å². The quantitative estimate of drug-likeness (QED) is 0.368. The number of non-ortho nitro benzene ring substituents is 1. The molecule has 23 heavy (non-hydrogen) atoms. The summed E-state index contributed by atoms with van der Waals surface area (Å²) < 4.78 is 0. The number of nitro benzene ring substituents is 2. The number of anilines is 1. The second kappa shape index (κ2) is 7.33. The van der Waals surface area contributed by atoms with E-state index in [1.807, 2.05) is 33.8 Å². The number of rotatable bonds is 6. The van der Waals surface area contributed by atoms with Gasteiger partial charge in [0, 0.05) is 17.7 Å². The second-order valence-corrected chi connectivity index (χ2v) is 5.70. The Balaban J connectivity index is 3.02. The van der Waals surface area contributed by atoms with Crippen molar-refractivity contribution >= 4 is 23.3 Å². The van der Waals surface area contributed by atoms with Crippen LogP contribution < -0.4 is 5.43 Å². The zero-order valence-corrected chi connectivity index (χ0v) is 13.4. The van der Waals surface area contributed by atoms with E-state index < -0.39 is 20.9 Å². The van der Waals surface area contributed by atoms with Crippen LogP contribution in [0.2, 0.25) is 0 Å². The van der Waals surface area contributed by atoms with Gasteiger partial charge in [0.1, 0.15) is 5.69 Å². The third kappa shape index (κ3) is 5.72. The zero-order chi connectivity index (χ0) is 17.6. The number of allylic oxidation sites excluding steroid dienone is 1. The molecule has 0 aliphatic rings. The van der Waals surface area contributed by atoms with Crippen LogP contribution in [0, 0.1) is 25.6 Å². The molecule has 0 aliphatic heterocycles. The first-order valence-electron chi connectivity index (χ1n) is 6.76. The van der Waals surface area contributed by atoms with E-state index in [1.54, 1.807) is 6.21 Å². The smallest absolute Gasteiger partial charge is 0.272 e. The largest absolute Gasteiger partial charge is 0.301 e. The van der Waals surface area contributed by atoms with E-state index in [9.17, 15) is 20.2 Å². The molecule has 1 rings (SSSR count). The van der Waals surface area contributed by atoms with Crippen LogP contribution in [0.1, 0.15) is 27.7 Å². The van der Waals surface area contributed by atoms with Crippen LogP contribution in [-0.4, -0.2) is 16.1 Å². The summed E-state index contributed by atoms with van der Waals surface area (Å²) in [5.41, 5.74) is 5.57. The summed E-state index contributed by atoms with van der Waals surface area (Å²) in [6, 6.07) is 3.33. The van der Waals surface area contributed by atoms with Crippen molar-refractivity contribution in [2.24, 2.45) is 10.5 Å². The number of nitro groups is 2. The van der Waals surface area contributed by atoms with Crippen molar-refractivity contribution in [3.63, 3.8) is 0 Å². The summed E-state index contributed by atoms with van der Waals surface area (Å²) in [7, 11) is 0. The molecule has 0 atom stereocenters. The van der Waals surface area contributed by atoms with Crippen molar-refractivity contribution in [3.8, 4) is 0 Å². The standard InChI is InChI=1S/C15H18N4O4/c1-11(2)7-8-15(3,4)10-16-17-13-6-5-12(18(20)21)9-14(13)19(22)23/h5-6,8-10,17H,1-4H3/b16-10+. The van der Waals surface area contributed by atoms with Gasteiger partial charge in [-0.3, -0.25) is 25.7 Å². The van der Waals surface area contributed by atoms with Crippen LogP contribution in [0.25, 0.3) is 0 Å². The Bertz CT molecular complexity index is 712. The molecule has 0 spiro atoms. The third-order valence-electron chi connectivity index (χ3n) is 2.70. The van der Waals surface area contributed by atoms with Gasteiger partial charge < -0.3 is 0 Å². The molecule has 0 aliphatic carbocycles. The molecule has 1 N–H and O–H groups in total. The first-order valence-corrected chi connectivity index (χ1v) is 6.76. The number of nitrogens with zero attached hydrogens (tertiary/aromatic N) is 3.